The molecule has 6 heterocycles. The first kappa shape index (κ1) is 56.1. The molecule has 424 valence electrons. The molecule has 6 saturated heterocycles. The lowest BCUT2D eigenvalue weighted by Gasteiger charge is -2.70. The second-order valence-electron chi connectivity index (χ2n) is 25.2. The van der Waals surface area contributed by atoms with Crippen molar-refractivity contribution >= 4 is 0 Å². The minimum atomic E-state index is -1.89. The first-order valence-electron chi connectivity index (χ1n) is 27.0. The number of allylic oxidation sites excluding steroid dienone is 1. The third-order valence-corrected chi connectivity index (χ3v) is 20.9. The molecule has 74 heavy (non-hydrogen) atoms. The predicted molar refractivity (Wildman–Crippen MR) is 251 cm³/mol. The maximum atomic E-state index is 11.8. The lowest BCUT2D eigenvalue weighted by molar-refractivity contribution is -0.388. The van der Waals surface area contributed by atoms with Crippen LogP contribution in [0.15, 0.2) is 11.6 Å². The molecule has 0 unspecified atom stereocenters. The van der Waals surface area contributed by atoms with E-state index in [2.05, 4.69) is 40.7 Å². The molecule has 0 radical (unpaired) electrons. The summed E-state index contributed by atoms with van der Waals surface area (Å²) in [6.45, 7) is 13.8. The predicted octanol–water partition coefficient (Wildman–Crippen LogP) is -1.71. The number of hydrogen-bond acceptors (Lipinski definition) is 22. The Morgan fingerprint density at radius 2 is 1.18 bits per heavy atom. The molecule has 2 spiro atoms. The quantitative estimate of drug-likeness (QED) is 0.0765. The van der Waals surface area contributed by atoms with Crippen molar-refractivity contribution in [2.24, 2.45) is 51.2 Å². The topological polar surface area (TPSA) is 335 Å². The summed E-state index contributed by atoms with van der Waals surface area (Å²) in [5.41, 5.74) is -1.15. The fourth-order valence-corrected chi connectivity index (χ4v) is 17.1. The second kappa shape index (κ2) is 20.1. The van der Waals surface area contributed by atoms with Gasteiger partial charge in [-0.25, -0.2) is 0 Å². The molecule has 4 aliphatic carbocycles. The zero-order chi connectivity index (χ0) is 53.4. The van der Waals surface area contributed by atoms with Crippen LogP contribution in [0.2, 0.25) is 0 Å². The third-order valence-electron chi connectivity index (χ3n) is 20.9. The van der Waals surface area contributed by atoms with E-state index in [1.807, 2.05) is 13.8 Å². The summed E-state index contributed by atoms with van der Waals surface area (Å²) in [5.74, 6) is -0.990. The van der Waals surface area contributed by atoms with E-state index in [4.69, 9.17) is 47.4 Å². The van der Waals surface area contributed by atoms with Gasteiger partial charge < -0.3 is 109 Å². The van der Waals surface area contributed by atoms with E-state index >= 15 is 0 Å². The van der Waals surface area contributed by atoms with Gasteiger partial charge in [0.15, 0.2) is 30.9 Å². The minimum Gasteiger partial charge on any atom is -0.394 e. The highest BCUT2D eigenvalue weighted by atomic mass is 16.8. The van der Waals surface area contributed by atoms with Crippen molar-refractivity contribution in [1.29, 1.82) is 0 Å². The van der Waals surface area contributed by atoms with Crippen LogP contribution in [-0.4, -0.2) is 229 Å². The van der Waals surface area contributed by atoms with Crippen molar-refractivity contribution in [3.63, 3.8) is 0 Å². The average Bonchev–Trinajstić information content (AvgIpc) is 3.99. The van der Waals surface area contributed by atoms with E-state index in [0.717, 1.165) is 37.7 Å². The van der Waals surface area contributed by atoms with Crippen LogP contribution in [-0.2, 0) is 47.4 Å². The lowest BCUT2D eigenvalue weighted by atomic mass is 9.35. The molecule has 22 heteroatoms. The Morgan fingerprint density at radius 1 is 0.581 bits per heavy atom. The van der Waals surface area contributed by atoms with Crippen LogP contribution >= 0.6 is 0 Å². The van der Waals surface area contributed by atoms with Crippen LogP contribution in [0.4, 0.5) is 0 Å². The number of aliphatic hydroxyl groups is 12. The summed E-state index contributed by atoms with van der Waals surface area (Å²) in [7, 11) is 0. The van der Waals surface area contributed by atoms with Crippen LogP contribution in [0.5, 0.6) is 0 Å². The van der Waals surface area contributed by atoms with Crippen LogP contribution in [0, 0.1) is 51.2 Å². The molecular formula is C52H84O22. The van der Waals surface area contributed by atoms with Gasteiger partial charge in [0.1, 0.15) is 85.5 Å². The number of ether oxygens (including phenoxy) is 10. The second-order valence-corrected chi connectivity index (χ2v) is 25.2. The summed E-state index contributed by atoms with van der Waals surface area (Å²) >= 11 is 0. The number of hydrogen-bond donors (Lipinski definition) is 12. The highest BCUT2D eigenvalue weighted by Gasteiger charge is 2.82. The first-order chi connectivity index (χ1) is 34.9. The van der Waals surface area contributed by atoms with Crippen molar-refractivity contribution in [2.45, 2.75) is 222 Å². The average molecular weight is 1060 g/mol. The van der Waals surface area contributed by atoms with Gasteiger partial charge in [-0.15, -0.1) is 0 Å². The molecule has 4 saturated carbocycles. The van der Waals surface area contributed by atoms with Gasteiger partial charge in [-0.2, -0.15) is 0 Å². The van der Waals surface area contributed by atoms with Crippen molar-refractivity contribution in [3.8, 4) is 0 Å². The number of aliphatic hydroxyl groups excluding tert-OH is 12. The summed E-state index contributed by atoms with van der Waals surface area (Å²) in [5, 5.41) is 129. The highest BCUT2D eigenvalue weighted by molar-refractivity contribution is 5.28. The van der Waals surface area contributed by atoms with Crippen LogP contribution in [0.3, 0.4) is 0 Å². The lowest BCUT2D eigenvalue weighted by Crippen LogP contribution is -2.69. The molecule has 0 amide bonds. The van der Waals surface area contributed by atoms with Crippen molar-refractivity contribution in [2.75, 3.05) is 39.6 Å². The zero-order valence-electron chi connectivity index (χ0n) is 43.6. The molecule has 10 aliphatic rings. The normalized spacial score (nSPS) is 56.7. The van der Waals surface area contributed by atoms with Gasteiger partial charge in [-0.1, -0.05) is 39.3 Å². The van der Waals surface area contributed by atoms with Gasteiger partial charge in [0.2, 0.25) is 0 Å². The monoisotopic (exact) mass is 1060 g/mol. The fourth-order valence-electron chi connectivity index (χ4n) is 17.1. The van der Waals surface area contributed by atoms with E-state index in [1.165, 1.54) is 0 Å². The fraction of sp³-hybridized carbons (Fsp3) is 0.962. The van der Waals surface area contributed by atoms with Crippen LogP contribution in [0.1, 0.15) is 93.4 Å². The summed E-state index contributed by atoms with van der Waals surface area (Å²) in [6, 6.07) is 0. The summed E-state index contributed by atoms with van der Waals surface area (Å²) in [6.07, 6.45) is -20.7. The Balaban J connectivity index is 0.928. The Kier molecular flexibility index (Phi) is 15.3. The molecule has 6 aliphatic heterocycles. The Bertz CT molecular complexity index is 2030. The van der Waals surface area contributed by atoms with Crippen molar-refractivity contribution in [3.05, 3.63) is 11.6 Å². The van der Waals surface area contributed by atoms with Gasteiger partial charge in [-0.3, -0.25) is 0 Å². The molecule has 12 N–H and O–H groups in total. The minimum absolute atomic E-state index is 0.0992. The third kappa shape index (κ3) is 8.49. The number of fused-ring (bicyclic) bond motifs is 4. The van der Waals surface area contributed by atoms with Crippen molar-refractivity contribution in [1.82, 2.24) is 0 Å². The van der Waals surface area contributed by atoms with E-state index in [9.17, 15) is 61.3 Å². The molecule has 0 aromatic heterocycles. The maximum absolute atomic E-state index is 11.8. The Morgan fingerprint density at radius 3 is 1.82 bits per heavy atom. The molecular weight excluding hydrogens is 977 g/mol. The van der Waals surface area contributed by atoms with Gasteiger partial charge in [-0.05, 0) is 93.3 Å². The van der Waals surface area contributed by atoms with Crippen LogP contribution < -0.4 is 0 Å². The maximum Gasteiger partial charge on any atom is 0.187 e. The molecule has 10 fully saturated rings. The van der Waals surface area contributed by atoms with E-state index in [0.29, 0.717) is 26.1 Å². The summed E-state index contributed by atoms with van der Waals surface area (Å²) < 4.78 is 64.1. The molecule has 0 aromatic carbocycles. The highest BCUT2D eigenvalue weighted by Crippen LogP contribution is 2.81. The van der Waals surface area contributed by atoms with Crippen LogP contribution in [0.25, 0.3) is 0 Å². The zero-order valence-corrected chi connectivity index (χ0v) is 43.6. The molecule has 29 atom stereocenters. The Hall–Kier alpha value is -1.14. The number of rotatable bonds is 12. The van der Waals surface area contributed by atoms with Crippen molar-refractivity contribution < 1.29 is 109 Å². The van der Waals surface area contributed by atoms with E-state index in [-0.39, 0.29) is 52.4 Å². The molecule has 2 bridgehead atoms. The SMILES string of the molecule is CC(C)=C[C@@H]1CO[C@]23C[C@]4(CO2)[C@H](CC[C@@H]2[C@@]5(C)CC[C@H](O[C@@H]6O[C@H](CO)[C@@H](O)[C@H](O[C@@H]7O[C@H](CO)[C@@H](O)[C@H](O)[C@H]7O)[C@H]6O[C@@H]6O[C@@H](CO)[C@H](O)[C@H]6O)C(C)(C)[C@@H]5CC[C@]24C)[C@H]3[C@@]1(C)O[C@@H]1OC[C@H](O)[C@H](O)[C@H]1O. The Labute approximate surface area is 431 Å². The summed E-state index contributed by atoms with van der Waals surface area (Å²) in [4.78, 5) is 0. The molecule has 0 aromatic rings. The van der Waals surface area contributed by atoms with E-state index < -0.39 is 153 Å². The van der Waals surface area contributed by atoms with Gasteiger partial charge in [0.05, 0.1) is 51.3 Å². The van der Waals surface area contributed by atoms with Gasteiger partial charge in [0.25, 0.3) is 0 Å². The first-order valence-corrected chi connectivity index (χ1v) is 27.0. The molecule has 22 nitrogen and oxygen atoms in total. The molecule has 10 rings (SSSR count). The largest absolute Gasteiger partial charge is 0.394 e. The standard InChI is InChI=1S/C52H84O22/c1-22(2)14-23-18-66-52-20-51(21-67-52)24(42(52)50(23,7)74-43-37(62)32(57)25(56)19-65-43)8-9-30-48(5)12-11-31(47(3,4)29(48)10-13-49(30,51)6)71-46-41(73-44-38(63)34(59)27(16-54)69-44)40(35(60)28(17-55)70-46)72-45-39(64)36(61)33(58)26(15-53)68-45/h14,23-46,53-64H,8-13,15-21H2,1-7H3/t23-,24-,25+,26-,27+,28-,29+,30-,31+,32+,33-,34+,35-,36+,37-,38-,39-,40+,41-,42+,43+,44+,45+,46+,48+,49-,50+,51+,52-/m1/s1. The van der Waals surface area contributed by atoms with Gasteiger partial charge >= 0.3 is 0 Å². The smallest absolute Gasteiger partial charge is 0.187 e. The van der Waals surface area contributed by atoms with E-state index in [1.54, 1.807) is 0 Å². The van der Waals surface area contributed by atoms with Gasteiger partial charge in [0, 0.05) is 23.7 Å².